The Morgan fingerprint density at radius 2 is 2.07 bits per heavy atom. The molecule has 0 aliphatic rings. The van der Waals surface area contributed by atoms with Crippen molar-refractivity contribution in [1.29, 1.82) is 0 Å². The number of aryl methyl sites for hydroxylation is 1. The van der Waals surface area contributed by atoms with Gasteiger partial charge in [-0.2, -0.15) is 0 Å². The first kappa shape index (κ1) is 12.7. The maximum atomic E-state index is 11.4. The molecule has 2 atom stereocenters. The molecule has 0 saturated carbocycles. The van der Waals surface area contributed by atoms with Crippen molar-refractivity contribution in [3.8, 4) is 0 Å². The van der Waals surface area contributed by atoms with Crippen molar-refractivity contribution < 1.29 is 18.5 Å². The zero-order valence-corrected chi connectivity index (χ0v) is 10.1. The lowest BCUT2D eigenvalue weighted by Crippen LogP contribution is -2.09. The van der Waals surface area contributed by atoms with Crippen LogP contribution in [0.25, 0.3) is 0 Å². The summed E-state index contributed by atoms with van der Waals surface area (Å²) in [5, 5.41) is 0. The third-order valence-electron chi connectivity index (χ3n) is 1.76. The zero-order valence-electron chi connectivity index (χ0n) is 8.30. The van der Waals surface area contributed by atoms with Gasteiger partial charge in [0.25, 0.3) is 0 Å². The molecule has 84 valence electrons. The van der Waals surface area contributed by atoms with Crippen LogP contribution in [0.15, 0.2) is 24.3 Å². The Labute approximate surface area is 92.4 Å². The van der Waals surface area contributed by atoms with E-state index in [9.17, 15) is 9.12 Å². The van der Waals surface area contributed by atoms with Crippen molar-refractivity contribution in [2.45, 2.75) is 12.7 Å². The molecule has 1 rings (SSSR count). The first-order valence-corrected chi connectivity index (χ1v) is 7.09. The van der Waals surface area contributed by atoms with Crippen molar-refractivity contribution in [2.24, 2.45) is 0 Å². The van der Waals surface area contributed by atoms with Gasteiger partial charge >= 0.3 is 8.25 Å². The summed E-state index contributed by atoms with van der Waals surface area (Å²) in [7, 11) is -2.97. The summed E-state index contributed by atoms with van der Waals surface area (Å²) < 4.78 is 26.0. The Balaban J connectivity index is 2.40. The van der Waals surface area contributed by atoms with Crippen molar-refractivity contribution >= 4 is 19.4 Å². The average molecular weight is 248 g/mol. The topological polar surface area (TPSA) is 69.6 Å². The molecule has 1 N–H and O–H groups in total. The summed E-state index contributed by atoms with van der Waals surface area (Å²) in [6, 6.07) is 7.63. The summed E-state index contributed by atoms with van der Waals surface area (Å²) in [5.41, 5.74) is 2.07. The van der Waals surface area contributed by atoms with E-state index in [-0.39, 0.29) is 5.94 Å². The van der Waals surface area contributed by atoms with Gasteiger partial charge in [-0.1, -0.05) is 29.8 Å². The highest BCUT2D eigenvalue weighted by atomic mass is 32.2. The number of hydrogen-bond donors (Lipinski definition) is 1. The summed E-state index contributed by atoms with van der Waals surface area (Å²) >= 11 is -1.25. The van der Waals surface area contributed by atoms with Crippen molar-refractivity contribution in [3.63, 3.8) is 0 Å². The second-order valence-corrected chi connectivity index (χ2v) is 5.32. The van der Waals surface area contributed by atoms with Crippen molar-refractivity contribution in [2.75, 3.05) is 5.94 Å². The molecule has 0 aromatic heterocycles. The molecule has 6 heteroatoms. The molecule has 15 heavy (non-hydrogen) atoms. The second kappa shape index (κ2) is 6.30. The van der Waals surface area contributed by atoms with Crippen LogP contribution in [-0.2, 0) is 26.0 Å². The monoisotopic (exact) mass is 248 g/mol. The minimum absolute atomic E-state index is 0.192. The molecule has 1 aromatic carbocycles. The van der Waals surface area contributed by atoms with E-state index in [1.807, 2.05) is 31.2 Å². The minimum Gasteiger partial charge on any atom is -0.614 e. The Bertz CT molecular complexity index is 327. The van der Waals surface area contributed by atoms with Gasteiger partial charge < -0.3 is 9.45 Å². The SMILES string of the molecule is Cc1ccc(C[S@+]([O-])CO[PH](=O)O)cc1. The molecule has 0 spiro atoms. The van der Waals surface area contributed by atoms with Gasteiger partial charge in [-0.3, -0.25) is 9.09 Å². The molecule has 0 bridgehead atoms. The summed E-state index contributed by atoms with van der Waals surface area (Å²) in [6.45, 7) is 1.97. The second-order valence-electron chi connectivity index (χ2n) is 3.10. The molecule has 1 aromatic rings. The molecular formula is C9H13O4PS. The first-order valence-electron chi connectivity index (χ1n) is 4.34. The highest BCUT2D eigenvalue weighted by Gasteiger charge is 2.08. The average Bonchev–Trinajstić information content (AvgIpc) is 2.19. The fourth-order valence-corrected chi connectivity index (χ4v) is 2.60. The molecule has 0 aliphatic carbocycles. The van der Waals surface area contributed by atoms with Crippen LogP contribution in [0.5, 0.6) is 0 Å². The van der Waals surface area contributed by atoms with Gasteiger partial charge in [0.15, 0.2) is 0 Å². The Hall–Kier alpha value is -0.320. The third-order valence-corrected chi connectivity index (χ3v) is 3.40. The van der Waals surface area contributed by atoms with Crippen LogP contribution in [0.3, 0.4) is 0 Å². The highest BCUT2D eigenvalue weighted by Crippen LogP contribution is 2.17. The minimum atomic E-state index is -2.97. The maximum absolute atomic E-state index is 11.4. The van der Waals surface area contributed by atoms with E-state index in [4.69, 9.17) is 4.89 Å². The largest absolute Gasteiger partial charge is 0.614 e. The van der Waals surface area contributed by atoms with Gasteiger partial charge in [-0.25, -0.2) is 0 Å². The smallest absolute Gasteiger partial charge is 0.320 e. The molecule has 4 nitrogen and oxygen atoms in total. The van der Waals surface area contributed by atoms with Gasteiger partial charge in [-0.05, 0) is 18.1 Å². The molecule has 0 fully saturated rings. The number of hydrogen-bond acceptors (Lipinski definition) is 3. The maximum Gasteiger partial charge on any atom is 0.320 e. The van der Waals surface area contributed by atoms with Crippen LogP contribution < -0.4 is 0 Å². The fourth-order valence-electron chi connectivity index (χ4n) is 1.03. The Morgan fingerprint density at radius 1 is 1.47 bits per heavy atom. The van der Waals surface area contributed by atoms with Gasteiger partial charge in [0.1, 0.15) is 5.75 Å². The zero-order chi connectivity index (χ0) is 11.3. The summed E-state index contributed by atoms with van der Waals surface area (Å²) in [6.07, 6.45) is 0. The van der Waals surface area contributed by atoms with E-state index in [2.05, 4.69) is 4.52 Å². The predicted molar refractivity (Wildman–Crippen MR) is 60.2 cm³/mol. The molecule has 0 aliphatic heterocycles. The molecule has 0 heterocycles. The van der Waals surface area contributed by atoms with Gasteiger partial charge in [0.05, 0.1) is 0 Å². The standard InChI is InChI=1S/C9H13O4PS/c1-8-2-4-9(5-3-8)6-15(12)7-13-14(10)11/h2-5,14H,6-7H2,1H3,(H,10,11)/t15-/m0/s1. The number of rotatable bonds is 5. The van der Waals surface area contributed by atoms with Crippen LogP contribution in [0.2, 0.25) is 0 Å². The summed E-state index contributed by atoms with van der Waals surface area (Å²) in [4.78, 5) is 8.39. The quantitative estimate of drug-likeness (QED) is 0.634. The predicted octanol–water partition coefficient (Wildman–Crippen LogP) is 1.60. The third kappa shape index (κ3) is 5.35. The lowest BCUT2D eigenvalue weighted by molar-refractivity contribution is 0.322. The van der Waals surface area contributed by atoms with E-state index >= 15 is 0 Å². The van der Waals surface area contributed by atoms with E-state index in [0.29, 0.717) is 5.75 Å². The lowest BCUT2D eigenvalue weighted by atomic mass is 10.2. The van der Waals surface area contributed by atoms with Crippen molar-refractivity contribution in [1.82, 2.24) is 0 Å². The van der Waals surface area contributed by atoms with E-state index in [1.54, 1.807) is 0 Å². The van der Waals surface area contributed by atoms with Crippen LogP contribution in [0, 0.1) is 6.92 Å². The first-order chi connectivity index (χ1) is 7.08. The molecule has 0 radical (unpaired) electrons. The molecular weight excluding hydrogens is 235 g/mol. The lowest BCUT2D eigenvalue weighted by Gasteiger charge is -2.09. The fraction of sp³-hybridized carbons (Fsp3) is 0.333. The normalized spacial score (nSPS) is 14.9. The van der Waals surface area contributed by atoms with Gasteiger partial charge in [-0.15, -0.1) is 0 Å². The summed E-state index contributed by atoms with van der Waals surface area (Å²) in [5.74, 6) is 0.150. The van der Waals surface area contributed by atoms with Crippen LogP contribution in [0.1, 0.15) is 11.1 Å². The van der Waals surface area contributed by atoms with E-state index < -0.39 is 19.4 Å². The van der Waals surface area contributed by atoms with E-state index in [1.165, 1.54) is 0 Å². The van der Waals surface area contributed by atoms with Crippen molar-refractivity contribution in [3.05, 3.63) is 35.4 Å². The highest BCUT2D eigenvalue weighted by molar-refractivity contribution is 7.90. The van der Waals surface area contributed by atoms with Crippen LogP contribution in [-0.4, -0.2) is 15.4 Å². The molecule has 1 unspecified atom stereocenters. The molecule has 0 saturated heterocycles. The Kier molecular flexibility index (Phi) is 5.36. The van der Waals surface area contributed by atoms with Crippen LogP contribution >= 0.6 is 8.25 Å². The van der Waals surface area contributed by atoms with Gasteiger partial charge in [0.2, 0.25) is 5.94 Å². The Morgan fingerprint density at radius 3 is 2.60 bits per heavy atom. The van der Waals surface area contributed by atoms with E-state index in [0.717, 1.165) is 11.1 Å². The number of benzene rings is 1. The van der Waals surface area contributed by atoms with Crippen LogP contribution in [0.4, 0.5) is 0 Å². The molecule has 0 amide bonds. The van der Waals surface area contributed by atoms with Gasteiger partial charge in [0, 0.05) is 5.56 Å².